The number of rotatable bonds is 5. The Balaban J connectivity index is 2.21. The molecular weight excluding hydrogens is 350 g/mol. The summed E-state index contributed by atoms with van der Waals surface area (Å²) < 4.78 is 26.7. The topological polar surface area (TPSA) is 72.0 Å². The predicted octanol–water partition coefficient (Wildman–Crippen LogP) is 2.80. The first kappa shape index (κ1) is 14.4. The van der Waals surface area contributed by atoms with Crippen molar-refractivity contribution in [2.24, 2.45) is 0 Å². The zero-order valence-corrected chi connectivity index (χ0v) is 13.3. The molecule has 0 atom stereocenters. The van der Waals surface area contributed by atoms with E-state index >= 15 is 0 Å². The van der Waals surface area contributed by atoms with Gasteiger partial charge in [0.2, 0.25) is 5.13 Å². The molecular formula is C11H12BrN3O2S2. The molecule has 0 amide bonds. The Morgan fingerprint density at radius 1 is 1.26 bits per heavy atom. The van der Waals surface area contributed by atoms with Crippen molar-refractivity contribution in [1.82, 2.24) is 10.2 Å². The van der Waals surface area contributed by atoms with Gasteiger partial charge in [-0.25, -0.2) is 8.42 Å². The molecule has 0 aliphatic rings. The lowest BCUT2D eigenvalue weighted by Crippen LogP contribution is -2.12. The number of hydrogen-bond acceptors (Lipinski definition) is 5. The maximum absolute atomic E-state index is 12.1. The molecule has 102 valence electrons. The van der Waals surface area contributed by atoms with Gasteiger partial charge in [-0.1, -0.05) is 46.3 Å². The summed E-state index contributed by atoms with van der Waals surface area (Å²) in [7, 11) is -3.59. The number of aryl methyl sites for hydroxylation is 1. The quantitative estimate of drug-likeness (QED) is 0.831. The van der Waals surface area contributed by atoms with Crippen molar-refractivity contribution in [3.05, 3.63) is 34.8 Å². The lowest BCUT2D eigenvalue weighted by atomic mass is 10.2. The van der Waals surface area contributed by atoms with Crippen molar-refractivity contribution in [3.8, 4) is 0 Å². The van der Waals surface area contributed by atoms with Crippen LogP contribution in [0.2, 0.25) is 0 Å². The van der Waals surface area contributed by atoms with Gasteiger partial charge in [0.25, 0.3) is 10.0 Å². The molecule has 0 radical (unpaired) electrons. The van der Waals surface area contributed by atoms with Gasteiger partial charge in [0.05, 0.1) is 4.90 Å². The van der Waals surface area contributed by atoms with E-state index < -0.39 is 10.0 Å². The van der Waals surface area contributed by atoms with E-state index in [-0.39, 0.29) is 4.90 Å². The Morgan fingerprint density at radius 2 is 1.95 bits per heavy atom. The van der Waals surface area contributed by atoms with Crippen LogP contribution >= 0.6 is 27.3 Å². The fourth-order valence-electron chi connectivity index (χ4n) is 1.37. The molecule has 8 heteroatoms. The van der Waals surface area contributed by atoms with Crippen LogP contribution in [-0.4, -0.2) is 18.6 Å². The second-order valence-electron chi connectivity index (χ2n) is 3.74. The SMILES string of the molecule is CCc1nnc(NS(=O)(=O)c2ccc(CBr)cc2)s1. The van der Waals surface area contributed by atoms with Crippen LogP contribution in [-0.2, 0) is 21.8 Å². The minimum Gasteiger partial charge on any atom is -0.253 e. The number of anilines is 1. The number of aromatic nitrogens is 2. The number of alkyl halides is 1. The Kier molecular flexibility index (Phi) is 4.54. The van der Waals surface area contributed by atoms with Gasteiger partial charge in [-0.2, -0.15) is 0 Å². The van der Waals surface area contributed by atoms with E-state index in [0.717, 1.165) is 17.0 Å². The van der Waals surface area contributed by atoms with Gasteiger partial charge in [-0.05, 0) is 24.1 Å². The zero-order chi connectivity index (χ0) is 13.9. The molecule has 1 N–H and O–H groups in total. The number of hydrogen-bond donors (Lipinski definition) is 1. The number of nitrogens with zero attached hydrogens (tertiary/aromatic N) is 2. The number of sulfonamides is 1. The highest BCUT2D eigenvalue weighted by Crippen LogP contribution is 2.20. The van der Waals surface area contributed by atoms with Crippen LogP contribution in [0.1, 0.15) is 17.5 Å². The summed E-state index contributed by atoms with van der Waals surface area (Å²) >= 11 is 4.56. The Bertz CT molecular complexity index is 653. The van der Waals surface area contributed by atoms with Crippen molar-refractivity contribution in [1.29, 1.82) is 0 Å². The summed E-state index contributed by atoms with van der Waals surface area (Å²) in [6, 6.07) is 6.67. The van der Waals surface area contributed by atoms with E-state index in [1.165, 1.54) is 11.3 Å². The summed E-state index contributed by atoms with van der Waals surface area (Å²) in [5, 5.41) is 9.46. The molecule has 0 fully saturated rings. The minimum atomic E-state index is -3.59. The van der Waals surface area contributed by atoms with Gasteiger partial charge in [0.1, 0.15) is 5.01 Å². The van der Waals surface area contributed by atoms with Crippen molar-refractivity contribution in [3.63, 3.8) is 0 Å². The maximum Gasteiger partial charge on any atom is 0.263 e. The third kappa shape index (κ3) is 3.52. The second kappa shape index (κ2) is 5.98. The third-order valence-electron chi connectivity index (χ3n) is 2.38. The van der Waals surface area contributed by atoms with Gasteiger partial charge < -0.3 is 0 Å². The average molecular weight is 362 g/mol. The first-order valence-corrected chi connectivity index (χ1v) is 8.97. The van der Waals surface area contributed by atoms with Crippen LogP contribution in [0.25, 0.3) is 0 Å². The van der Waals surface area contributed by atoms with Crippen LogP contribution in [0.15, 0.2) is 29.2 Å². The highest BCUT2D eigenvalue weighted by molar-refractivity contribution is 9.08. The molecule has 1 aromatic heterocycles. The van der Waals surface area contributed by atoms with Crippen molar-refractivity contribution >= 4 is 42.4 Å². The van der Waals surface area contributed by atoms with E-state index in [0.29, 0.717) is 10.5 Å². The number of benzene rings is 1. The molecule has 1 heterocycles. The molecule has 2 aromatic rings. The first-order chi connectivity index (χ1) is 9.05. The van der Waals surface area contributed by atoms with E-state index in [1.54, 1.807) is 24.3 Å². The molecule has 2 rings (SSSR count). The third-order valence-corrected chi connectivity index (χ3v) is 5.49. The number of nitrogens with one attached hydrogen (secondary N) is 1. The van der Waals surface area contributed by atoms with E-state index in [1.807, 2.05) is 6.92 Å². The monoisotopic (exact) mass is 361 g/mol. The second-order valence-corrected chi connectivity index (χ2v) is 7.04. The van der Waals surface area contributed by atoms with Crippen LogP contribution in [0.4, 0.5) is 5.13 Å². The fourth-order valence-corrected chi connectivity index (χ4v) is 3.65. The first-order valence-electron chi connectivity index (χ1n) is 5.55. The lowest BCUT2D eigenvalue weighted by molar-refractivity contribution is 0.601. The van der Waals surface area contributed by atoms with Crippen molar-refractivity contribution in [2.75, 3.05) is 4.72 Å². The summed E-state index contributed by atoms with van der Waals surface area (Å²) in [6.45, 7) is 1.94. The smallest absolute Gasteiger partial charge is 0.253 e. The Labute approximate surface area is 124 Å². The van der Waals surface area contributed by atoms with Gasteiger partial charge in [0.15, 0.2) is 0 Å². The summed E-state index contributed by atoms with van der Waals surface area (Å²) in [4.78, 5) is 0.213. The fraction of sp³-hybridized carbons (Fsp3) is 0.273. The molecule has 0 saturated carbocycles. The molecule has 0 unspecified atom stereocenters. The molecule has 19 heavy (non-hydrogen) atoms. The maximum atomic E-state index is 12.1. The summed E-state index contributed by atoms with van der Waals surface area (Å²) in [6.07, 6.45) is 0.735. The van der Waals surface area contributed by atoms with Crippen molar-refractivity contribution in [2.45, 2.75) is 23.6 Å². The van der Waals surface area contributed by atoms with Crippen LogP contribution < -0.4 is 4.72 Å². The van der Waals surface area contributed by atoms with E-state index in [9.17, 15) is 8.42 Å². The van der Waals surface area contributed by atoms with Crippen LogP contribution in [0, 0.1) is 0 Å². The highest BCUT2D eigenvalue weighted by Gasteiger charge is 2.16. The van der Waals surface area contributed by atoms with Gasteiger partial charge >= 0.3 is 0 Å². The molecule has 1 aromatic carbocycles. The molecule has 0 saturated heterocycles. The van der Waals surface area contributed by atoms with E-state index in [2.05, 4.69) is 30.8 Å². The van der Waals surface area contributed by atoms with Crippen molar-refractivity contribution < 1.29 is 8.42 Å². The van der Waals surface area contributed by atoms with Gasteiger partial charge in [-0.3, -0.25) is 4.72 Å². The largest absolute Gasteiger partial charge is 0.263 e. The minimum absolute atomic E-state index is 0.213. The average Bonchev–Trinajstić information content (AvgIpc) is 2.85. The van der Waals surface area contributed by atoms with E-state index in [4.69, 9.17) is 0 Å². The predicted molar refractivity (Wildman–Crippen MR) is 79.2 cm³/mol. The standard InChI is InChI=1S/C11H12BrN3O2S2/c1-2-10-13-14-11(18-10)15-19(16,17)9-5-3-8(7-12)4-6-9/h3-6H,2,7H2,1H3,(H,14,15). The normalized spacial score (nSPS) is 11.5. The molecule has 5 nitrogen and oxygen atoms in total. The van der Waals surface area contributed by atoms with Crippen LogP contribution in [0.5, 0.6) is 0 Å². The highest BCUT2D eigenvalue weighted by atomic mass is 79.9. The molecule has 0 spiro atoms. The summed E-state index contributed by atoms with van der Waals surface area (Å²) in [5.74, 6) is 0. The molecule has 0 aliphatic carbocycles. The Morgan fingerprint density at radius 3 is 2.47 bits per heavy atom. The van der Waals surface area contributed by atoms with Crippen LogP contribution in [0.3, 0.4) is 0 Å². The summed E-state index contributed by atoms with van der Waals surface area (Å²) in [5.41, 5.74) is 1.02. The molecule has 0 aliphatic heterocycles. The number of halogens is 1. The van der Waals surface area contributed by atoms with Gasteiger partial charge in [-0.15, -0.1) is 10.2 Å². The van der Waals surface area contributed by atoms with Gasteiger partial charge in [0, 0.05) is 5.33 Å². The Hall–Kier alpha value is -0.990. The lowest BCUT2D eigenvalue weighted by Gasteiger charge is -2.05. The molecule has 0 bridgehead atoms. The zero-order valence-electron chi connectivity index (χ0n) is 10.1.